The predicted octanol–water partition coefficient (Wildman–Crippen LogP) is 2.57. The van der Waals surface area contributed by atoms with E-state index in [1.165, 1.54) is 37.7 Å². The van der Waals surface area contributed by atoms with E-state index in [-0.39, 0.29) is 12.0 Å². The van der Waals surface area contributed by atoms with Crippen molar-refractivity contribution in [3.8, 4) is 0 Å². The van der Waals surface area contributed by atoms with Gasteiger partial charge in [-0.05, 0) is 44.2 Å². The first-order valence-corrected chi connectivity index (χ1v) is 8.63. The number of hydrogen-bond acceptors (Lipinski definition) is 5. The first-order valence-electron chi connectivity index (χ1n) is 7.75. The molecule has 0 radical (unpaired) electrons. The third-order valence-electron chi connectivity index (χ3n) is 5.02. The van der Waals surface area contributed by atoms with Crippen LogP contribution >= 0.6 is 11.3 Å². The summed E-state index contributed by atoms with van der Waals surface area (Å²) in [6.45, 7) is 0. The number of fused-ring (bicyclic) bond motifs is 2. The summed E-state index contributed by atoms with van der Waals surface area (Å²) < 4.78 is 4.86. The number of thiophene rings is 1. The Kier molecular flexibility index (Phi) is 4.62. The summed E-state index contributed by atoms with van der Waals surface area (Å²) >= 11 is 1.71. The summed E-state index contributed by atoms with van der Waals surface area (Å²) in [4.78, 5) is 15.5. The van der Waals surface area contributed by atoms with Gasteiger partial charge in [0.15, 0.2) is 0 Å². The van der Waals surface area contributed by atoms with Crippen LogP contribution in [0.5, 0.6) is 0 Å². The van der Waals surface area contributed by atoms with Crippen molar-refractivity contribution in [2.75, 3.05) is 14.2 Å². The summed E-state index contributed by atoms with van der Waals surface area (Å²) in [5, 5.41) is 5.80. The second-order valence-electron chi connectivity index (χ2n) is 6.23. The molecule has 3 atom stereocenters. The van der Waals surface area contributed by atoms with Crippen LogP contribution in [0.25, 0.3) is 0 Å². The molecule has 2 aliphatic rings. The predicted molar refractivity (Wildman–Crippen MR) is 84.4 cm³/mol. The maximum Gasteiger partial charge on any atom is 0.307 e. The lowest BCUT2D eigenvalue weighted by Crippen LogP contribution is -2.48. The zero-order valence-corrected chi connectivity index (χ0v) is 13.6. The molecule has 2 bridgehead atoms. The van der Waals surface area contributed by atoms with Crippen LogP contribution in [-0.2, 0) is 9.53 Å². The van der Waals surface area contributed by atoms with Crippen molar-refractivity contribution in [3.05, 3.63) is 22.4 Å². The van der Waals surface area contributed by atoms with E-state index in [2.05, 4.69) is 28.7 Å². The second-order valence-corrected chi connectivity index (χ2v) is 7.21. The molecule has 1 aromatic heterocycles. The minimum Gasteiger partial charge on any atom is -0.469 e. The van der Waals surface area contributed by atoms with Gasteiger partial charge < -0.3 is 15.0 Å². The summed E-state index contributed by atoms with van der Waals surface area (Å²) in [7, 11) is 3.72. The number of carbonyl (C=O) groups excluding carboxylic acids is 1. The Morgan fingerprint density at radius 1 is 1.48 bits per heavy atom. The van der Waals surface area contributed by atoms with Crippen LogP contribution in [0.3, 0.4) is 0 Å². The molecule has 4 nitrogen and oxygen atoms in total. The average Bonchev–Trinajstić information content (AvgIpc) is 3.06. The summed E-state index contributed by atoms with van der Waals surface area (Å²) in [6, 6.07) is 6.17. The third-order valence-corrected chi connectivity index (χ3v) is 6.01. The molecule has 0 amide bonds. The summed E-state index contributed by atoms with van der Waals surface area (Å²) in [6.07, 6.45) is 5.44. The molecule has 0 aromatic carbocycles. The molecular formula is C16H24N2O2S. The van der Waals surface area contributed by atoms with E-state index in [0.29, 0.717) is 24.5 Å². The van der Waals surface area contributed by atoms with Gasteiger partial charge >= 0.3 is 5.97 Å². The molecule has 0 saturated carbocycles. The molecule has 116 valence electrons. The minimum absolute atomic E-state index is 0.0882. The monoisotopic (exact) mass is 308 g/mol. The number of ether oxygens (including phenoxy) is 1. The third kappa shape index (κ3) is 3.30. The largest absolute Gasteiger partial charge is 0.469 e. The Balaban J connectivity index is 1.66. The van der Waals surface area contributed by atoms with E-state index >= 15 is 0 Å². The van der Waals surface area contributed by atoms with Gasteiger partial charge in [-0.3, -0.25) is 4.79 Å². The number of methoxy groups -OCH3 is 1. The first-order chi connectivity index (χ1) is 10.2. The molecular weight excluding hydrogens is 284 g/mol. The fraction of sp³-hybridized carbons (Fsp3) is 0.688. The maximum absolute atomic E-state index is 11.7. The Morgan fingerprint density at radius 3 is 2.76 bits per heavy atom. The van der Waals surface area contributed by atoms with Gasteiger partial charge in [0.1, 0.15) is 0 Å². The van der Waals surface area contributed by atoms with Gasteiger partial charge in [-0.2, -0.15) is 0 Å². The van der Waals surface area contributed by atoms with Crippen LogP contribution in [0.4, 0.5) is 0 Å². The van der Waals surface area contributed by atoms with Crippen molar-refractivity contribution >= 4 is 17.3 Å². The number of hydrogen-bond donors (Lipinski definition) is 1. The van der Waals surface area contributed by atoms with Crippen molar-refractivity contribution in [1.29, 1.82) is 0 Å². The first kappa shape index (κ1) is 15.0. The molecule has 0 spiro atoms. The maximum atomic E-state index is 11.7. The number of rotatable bonds is 5. The molecule has 1 aromatic rings. The Hall–Kier alpha value is -0.910. The molecule has 0 aliphatic carbocycles. The Bertz CT molecular complexity index is 463. The van der Waals surface area contributed by atoms with E-state index in [9.17, 15) is 4.79 Å². The molecule has 2 saturated heterocycles. The fourth-order valence-corrected chi connectivity index (χ4v) is 4.60. The smallest absolute Gasteiger partial charge is 0.307 e. The van der Waals surface area contributed by atoms with Gasteiger partial charge in [0.25, 0.3) is 0 Å². The lowest BCUT2D eigenvalue weighted by atomic mass is 9.96. The highest BCUT2D eigenvalue weighted by Gasteiger charge is 2.39. The van der Waals surface area contributed by atoms with Crippen molar-refractivity contribution < 1.29 is 9.53 Å². The van der Waals surface area contributed by atoms with E-state index in [1.807, 2.05) is 6.07 Å². The van der Waals surface area contributed by atoms with Gasteiger partial charge in [0, 0.05) is 23.0 Å². The van der Waals surface area contributed by atoms with Crippen LogP contribution < -0.4 is 5.32 Å². The number of esters is 1. The lowest BCUT2D eigenvalue weighted by molar-refractivity contribution is -0.141. The van der Waals surface area contributed by atoms with Crippen LogP contribution in [0, 0.1) is 0 Å². The Labute approximate surface area is 130 Å². The van der Waals surface area contributed by atoms with Gasteiger partial charge in [-0.25, -0.2) is 0 Å². The topological polar surface area (TPSA) is 41.6 Å². The van der Waals surface area contributed by atoms with Crippen LogP contribution in [0.1, 0.15) is 43.0 Å². The number of piperidine rings is 1. The highest BCUT2D eigenvalue weighted by Crippen LogP contribution is 2.35. The summed E-state index contributed by atoms with van der Waals surface area (Å²) in [5.41, 5.74) is 0. The highest BCUT2D eigenvalue weighted by molar-refractivity contribution is 7.10. The van der Waals surface area contributed by atoms with Gasteiger partial charge in [-0.1, -0.05) is 6.07 Å². The zero-order valence-electron chi connectivity index (χ0n) is 12.7. The van der Waals surface area contributed by atoms with Gasteiger partial charge in [0.05, 0.1) is 19.6 Å². The molecule has 3 heterocycles. The molecule has 21 heavy (non-hydrogen) atoms. The number of nitrogens with zero attached hydrogens (tertiary/aromatic N) is 1. The van der Waals surface area contributed by atoms with E-state index in [1.54, 1.807) is 11.3 Å². The van der Waals surface area contributed by atoms with E-state index in [0.717, 1.165) is 0 Å². The average molecular weight is 308 g/mol. The highest BCUT2D eigenvalue weighted by atomic mass is 32.1. The van der Waals surface area contributed by atoms with Gasteiger partial charge in [-0.15, -0.1) is 11.3 Å². The molecule has 1 N–H and O–H groups in total. The summed E-state index contributed by atoms with van der Waals surface area (Å²) in [5.74, 6) is -0.142. The van der Waals surface area contributed by atoms with E-state index in [4.69, 9.17) is 4.74 Å². The SMILES string of the molecule is COC(=O)CC(NC1CC2CCC(C1)N2C)c1cccs1. The zero-order chi connectivity index (χ0) is 14.8. The molecule has 5 heteroatoms. The van der Waals surface area contributed by atoms with Crippen molar-refractivity contribution in [1.82, 2.24) is 10.2 Å². The molecule has 2 aliphatic heterocycles. The standard InChI is InChI=1S/C16H24N2O2S/c1-18-12-5-6-13(18)9-11(8-12)17-14(10-16(19)20-2)15-4-3-7-21-15/h3-4,7,11-14,17H,5-6,8-10H2,1-2H3. The number of nitrogens with one attached hydrogen (secondary N) is 1. The minimum atomic E-state index is -0.142. The van der Waals surface area contributed by atoms with Crippen molar-refractivity contribution in [2.24, 2.45) is 0 Å². The molecule has 3 rings (SSSR count). The Morgan fingerprint density at radius 2 is 2.19 bits per heavy atom. The van der Waals surface area contributed by atoms with Crippen LogP contribution in [-0.4, -0.2) is 43.2 Å². The lowest BCUT2D eigenvalue weighted by Gasteiger charge is -2.38. The van der Waals surface area contributed by atoms with Crippen molar-refractivity contribution in [3.63, 3.8) is 0 Å². The van der Waals surface area contributed by atoms with E-state index < -0.39 is 0 Å². The van der Waals surface area contributed by atoms with Crippen LogP contribution in [0.15, 0.2) is 17.5 Å². The molecule has 3 unspecified atom stereocenters. The second kappa shape index (κ2) is 6.46. The fourth-order valence-electron chi connectivity index (χ4n) is 3.81. The molecule has 2 fully saturated rings. The quantitative estimate of drug-likeness (QED) is 0.849. The normalized spacial score (nSPS) is 30.3. The van der Waals surface area contributed by atoms with Gasteiger partial charge in [0.2, 0.25) is 0 Å². The number of carbonyl (C=O) groups is 1. The van der Waals surface area contributed by atoms with Crippen LogP contribution in [0.2, 0.25) is 0 Å². The van der Waals surface area contributed by atoms with Crippen molar-refractivity contribution in [2.45, 2.75) is 56.3 Å².